The summed E-state index contributed by atoms with van der Waals surface area (Å²) in [6.45, 7) is 9.35. The fourth-order valence-electron chi connectivity index (χ4n) is 3.11. The SMILES string of the molecule is CC(C)CN(CC(C)C)C(=O)C(=O)NC(c1ccccc1)c1ccccc1. The number of nitrogens with one attached hydrogen (secondary N) is 1. The molecule has 0 aliphatic rings. The van der Waals surface area contributed by atoms with Crippen molar-refractivity contribution in [2.75, 3.05) is 13.1 Å². The largest absolute Gasteiger partial charge is 0.337 e. The van der Waals surface area contributed by atoms with Gasteiger partial charge in [0.1, 0.15) is 0 Å². The van der Waals surface area contributed by atoms with E-state index < -0.39 is 11.8 Å². The van der Waals surface area contributed by atoms with Crippen molar-refractivity contribution in [1.82, 2.24) is 10.2 Å². The predicted molar refractivity (Wildman–Crippen MR) is 109 cm³/mol. The molecule has 0 aliphatic heterocycles. The minimum Gasteiger partial charge on any atom is -0.337 e. The Labute approximate surface area is 162 Å². The second kappa shape index (κ2) is 9.91. The lowest BCUT2D eigenvalue weighted by Crippen LogP contribution is -2.46. The predicted octanol–water partition coefficient (Wildman–Crippen LogP) is 4.03. The van der Waals surface area contributed by atoms with Crippen molar-refractivity contribution in [3.8, 4) is 0 Å². The summed E-state index contributed by atoms with van der Waals surface area (Å²) in [6.07, 6.45) is 0. The van der Waals surface area contributed by atoms with Crippen molar-refractivity contribution in [2.45, 2.75) is 33.7 Å². The topological polar surface area (TPSA) is 49.4 Å². The van der Waals surface area contributed by atoms with E-state index in [0.29, 0.717) is 24.9 Å². The molecule has 0 saturated carbocycles. The van der Waals surface area contributed by atoms with Crippen LogP contribution >= 0.6 is 0 Å². The van der Waals surface area contributed by atoms with Crippen molar-refractivity contribution < 1.29 is 9.59 Å². The van der Waals surface area contributed by atoms with Gasteiger partial charge in [-0.2, -0.15) is 0 Å². The normalized spacial score (nSPS) is 11.1. The Morgan fingerprint density at radius 1 is 0.778 bits per heavy atom. The molecule has 0 spiro atoms. The molecule has 0 radical (unpaired) electrons. The van der Waals surface area contributed by atoms with E-state index in [1.54, 1.807) is 4.90 Å². The van der Waals surface area contributed by atoms with Crippen molar-refractivity contribution in [3.63, 3.8) is 0 Å². The first-order valence-corrected chi connectivity index (χ1v) is 9.58. The zero-order chi connectivity index (χ0) is 19.8. The van der Waals surface area contributed by atoms with Crippen LogP contribution in [0.3, 0.4) is 0 Å². The third-order valence-corrected chi connectivity index (χ3v) is 4.19. The van der Waals surface area contributed by atoms with Gasteiger partial charge in [-0.25, -0.2) is 0 Å². The number of carbonyl (C=O) groups is 2. The Hall–Kier alpha value is -2.62. The lowest BCUT2D eigenvalue weighted by atomic mass is 9.98. The molecule has 0 bridgehead atoms. The summed E-state index contributed by atoms with van der Waals surface area (Å²) in [7, 11) is 0. The number of nitrogens with zero attached hydrogens (tertiary/aromatic N) is 1. The van der Waals surface area contributed by atoms with Gasteiger partial charge in [-0.05, 0) is 23.0 Å². The summed E-state index contributed by atoms with van der Waals surface area (Å²) in [5, 5.41) is 2.95. The zero-order valence-electron chi connectivity index (χ0n) is 16.7. The lowest BCUT2D eigenvalue weighted by molar-refractivity contribution is -0.146. The Morgan fingerprint density at radius 3 is 1.56 bits per heavy atom. The highest BCUT2D eigenvalue weighted by atomic mass is 16.2. The standard InChI is InChI=1S/C23H30N2O2/c1-17(2)15-25(16-18(3)4)23(27)22(26)24-21(19-11-7-5-8-12-19)20-13-9-6-10-14-20/h5-14,17-18,21H,15-16H2,1-4H3,(H,24,26). The van der Waals surface area contributed by atoms with Gasteiger partial charge in [0.15, 0.2) is 0 Å². The van der Waals surface area contributed by atoms with Crippen LogP contribution in [0.1, 0.15) is 44.9 Å². The van der Waals surface area contributed by atoms with Crippen LogP contribution in [-0.4, -0.2) is 29.8 Å². The third-order valence-electron chi connectivity index (χ3n) is 4.19. The van der Waals surface area contributed by atoms with Crippen molar-refractivity contribution in [3.05, 3.63) is 71.8 Å². The molecular formula is C23H30N2O2. The third kappa shape index (κ3) is 6.24. The molecule has 2 aromatic carbocycles. The fraction of sp³-hybridized carbons (Fsp3) is 0.391. The van der Waals surface area contributed by atoms with Crippen LogP contribution in [-0.2, 0) is 9.59 Å². The summed E-state index contributed by atoms with van der Waals surface area (Å²) >= 11 is 0. The van der Waals surface area contributed by atoms with E-state index in [9.17, 15) is 9.59 Å². The Kier molecular flexibility index (Phi) is 7.59. The molecule has 144 valence electrons. The zero-order valence-corrected chi connectivity index (χ0v) is 16.7. The van der Waals surface area contributed by atoms with Gasteiger partial charge in [-0.15, -0.1) is 0 Å². The molecule has 0 unspecified atom stereocenters. The van der Waals surface area contributed by atoms with Crippen LogP contribution in [0.15, 0.2) is 60.7 Å². The number of hydrogen-bond acceptors (Lipinski definition) is 2. The number of benzene rings is 2. The number of carbonyl (C=O) groups excluding carboxylic acids is 2. The summed E-state index contributed by atoms with van der Waals surface area (Å²) in [5.74, 6) is -0.414. The highest BCUT2D eigenvalue weighted by molar-refractivity contribution is 6.35. The second-order valence-electron chi connectivity index (χ2n) is 7.73. The highest BCUT2D eigenvalue weighted by Gasteiger charge is 2.26. The van der Waals surface area contributed by atoms with Crippen LogP contribution in [0.25, 0.3) is 0 Å². The van der Waals surface area contributed by atoms with Crippen LogP contribution in [0, 0.1) is 11.8 Å². The van der Waals surface area contributed by atoms with E-state index in [1.807, 2.05) is 60.7 Å². The lowest BCUT2D eigenvalue weighted by Gasteiger charge is -2.27. The van der Waals surface area contributed by atoms with Gasteiger partial charge < -0.3 is 10.2 Å². The number of hydrogen-bond donors (Lipinski definition) is 1. The Morgan fingerprint density at radius 2 is 1.19 bits per heavy atom. The second-order valence-corrected chi connectivity index (χ2v) is 7.73. The molecule has 0 heterocycles. The minimum atomic E-state index is -0.561. The van der Waals surface area contributed by atoms with Crippen molar-refractivity contribution in [2.24, 2.45) is 11.8 Å². The van der Waals surface area contributed by atoms with Gasteiger partial charge in [-0.3, -0.25) is 9.59 Å². The Bertz CT molecular complexity index is 677. The van der Waals surface area contributed by atoms with E-state index in [0.717, 1.165) is 11.1 Å². The van der Waals surface area contributed by atoms with Gasteiger partial charge >= 0.3 is 11.8 Å². The smallest absolute Gasteiger partial charge is 0.311 e. The molecule has 0 aromatic heterocycles. The van der Waals surface area contributed by atoms with Crippen molar-refractivity contribution in [1.29, 1.82) is 0 Å². The first kappa shape index (κ1) is 20.7. The summed E-state index contributed by atoms with van der Waals surface area (Å²) in [6, 6.07) is 19.1. The highest BCUT2D eigenvalue weighted by Crippen LogP contribution is 2.21. The molecule has 4 heteroatoms. The van der Waals surface area contributed by atoms with E-state index in [1.165, 1.54) is 0 Å². The van der Waals surface area contributed by atoms with Crippen LogP contribution in [0.4, 0.5) is 0 Å². The molecule has 4 nitrogen and oxygen atoms in total. The van der Waals surface area contributed by atoms with Gasteiger partial charge in [0.05, 0.1) is 6.04 Å². The molecule has 0 aliphatic carbocycles. The van der Waals surface area contributed by atoms with E-state index >= 15 is 0 Å². The Balaban J connectivity index is 2.23. The number of rotatable bonds is 7. The van der Waals surface area contributed by atoms with Gasteiger partial charge in [0, 0.05) is 13.1 Å². The van der Waals surface area contributed by atoms with Crippen molar-refractivity contribution >= 4 is 11.8 Å². The fourth-order valence-corrected chi connectivity index (χ4v) is 3.11. The van der Waals surface area contributed by atoms with Gasteiger partial charge in [0.25, 0.3) is 0 Å². The van der Waals surface area contributed by atoms with Crippen LogP contribution in [0.5, 0.6) is 0 Å². The minimum absolute atomic E-state index is 0.305. The number of amides is 2. The molecule has 1 N–H and O–H groups in total. The molecule has 0 saturated heterocycles. The van der Waals surface area contributed by atoms with E-state index in [4.69, 9.17) is 0 Å². The molecule has 0 atom stereocenters. The van der Waals surface area contributed by atoms with Gasteiger partial charge in [-0.1, -0.05) is 88.4 Å². The van der Waals surface area contributed by atoms with E-state index in [-0.39, 0.29) is 6.04 Å². The molecule has 2 amide bonds. The maximum atomic E-state index is 12.8. The average molecular weight is 367 g/mol. The summed E-state index contributed by atoms with van der Waals surface area (Å²) < 4.78 is 0. The monoisotopic (exact) mass is 366 g/mol. The molecule has 0 fully saturated rings. The summed E-state index contributed by atoms with van der Waals surface area (Å²) in [5.41, 5.74) is 1.90. The van der Waals surface area contributed by atoms with Crippen LogP contribution in [0.2, 0.25) is 0 Å². The maximum absolute atomic E-state index is 12.8. The quantitative estimate of drug-likeness (QED) is 0.752. The first-order valence-electron chi connectivity index (χ1n) is 9.58. The van der Waals surface area contributed by atoms with E-state index in [2.05, 4.69) is 33.0 Å². The van der Waals surface area contributed by atoms with Crippen LogP contribution < -0.4 is 5.32 Å². The molecular weight excluding hydrogens is 336 g/mol. The maximum Gasteiger partial charge on any atom is 0.311 e. The molecule has 27 heavy (non-hydrogen) atoms. The molecule has 2 rings (SSSR count). The first-order chi connectivity index (χ1) is 12.9. The molecule has 2 aromatic rings. The average Bonchev–Trinajstić information content (AvgIpc) is 2.65. The van der Waals surface area contributed by atoms with Gasteiger partial charge in [0.2, 0.25) is 0 Å². The summed E-state index contributed by atoms with van der Waals surface area (Å²) in [4.78, 5) is 27.3.